The number of allylic oxidation sites excluding steroid dienone is 1. The van der Waals surface area contributed by atoms with Gasteiger partial charge in [-0.2, -0.15) is 0 Å². The predicted molar refractivity (Wildman–Crippen MR) is 130 cm³/mol. The van der Waals surface area contributed by atoms with Gasteiger partial charge in [-0.25, -0.2) is 14.6 Å². The van der Waals surface area contributed by atoms with Crippen LogP contribution in [0.15, 0.2) is 45.3 Å². The molecule has 0 aromatic heterocycles. The molecule has 182 valence electrons. The molecule has 2 heterocycles. The molecule has 2 atom stereocenters. The summed E-state index contributed by atoms with van der Waals surface area (Å²) in [5.41, 5.74) is 7.80. The first kappa shape index (κ1) is 25.6. The van der Waals surface area contributed by atoms with Crippen LogP contribution in [0.4, 0.5) is 0 Å². The summed E-state index contributed by atoms with van der Waals surface area (Å²) in [6.07, 6.45) is -1.18. The van der Waals surface area contributed by atoms with Crippen LogP contribution in [0, 0.1) is 0 Å². The number of amidine groups is 1. The molecule has 1 aromatic rings. The molecule has 3 rings (SSSR count). The van der Waals surface area contributed by atoms with Crippen LogP contribution in [-0.4, -0.2) is 69.8 Å². The molecule has 1 spiro atoms. The Morgan fingerprint density at radius 3 is 2.33 bits per heavy atom. The monoisotopic (exact) mass is 497 g/mol. The molecule has 11 heteroatoms. The second-order valence-electron chi connectivity index (χ2n) is 7.80. The van der Waals surface area contributed by atoms with Crippen LogP contribution in [0.25, 0.3) is 0 Å². The maximum absolute atomic E-state index is 12.2. The van der Waals surface area contributed by atoms with Gasteiger partial charge in [0.2, 0.25) is 5.17 Å². The first-order valence-electron chi connectivity index (χ1n) is 10.9. The number of benzene rings is 1. The number of nitrogens with zero attached hydrogens (tertiary/aromatic N) is 2. The number of nitrogens with two attached hydrogens (primary N) is 1. The van der Waals surface area contributed by atoms with E-state index >= 15 is 0 Å². The summed E-state index contributed by atoms with van der Waals surface area (Å²) in [5.74, 6) is -1.66. The molecule has 2 aliphatic rings. The zero-order valence-electron chi connectivity index (χ0n) is 18.8. The highest BCUT2D eigenvalue weighted by Gasteiger charge is 2.50. The number of thioether (sulfide) groups is 1. The van der Waals surface area contributed by atoms with Gasteiger partial charge in [-0.15, -0.1) is 11.8 Å². The van der Waals surface area contributed by atoms with Gasteiger partial charge in [0.15, 0.2) is 12.2 Å². The maximum Gasteiger partial charge on any atom is 0.361 e. The molecule has 9 nitrogen and oxygen atoms in total. The molecule has 1 saturated heterocycles. The average molecular weight is 498 g/mol. The van der Waals surface area contributed by atoms with Gasteiger partial charge in [-0.3, -0.25) is 0 Å². The molecule has 0 aliphatic carbocycles. The maximum atomic E-state index is 12.2. The minimum absolute atomic E-state index is 0.138. The first-order chi connectivity index (χ1) is 15.8. The molecule has 2 unspecified atom stereocenters. The van der Waals surface area contributed by atoms with Crippen molar-refractivity contribution < 1.29 is 28.2 Å². The summed E-state index contributed by atoms with van der Waals surface area (Å²) in [7, 11) is -3.15. The van der Waals surface area contributed by atoms with Crippen molar-refractivity contribution in [3.63, 3.8) is 0 Å². The lowest BCUT2D eigenvalue weighted by Gasteiger charge is -2.37. The molecule has 1 aromatic carbocycles. The highest BCUT2D eigenvalue weighted by atomic mass is 32.3. The number of carbonyl (C=O) groups excluding carboxylic acids is 2. The van der Waals surface area contributed by atoms with Gasteiger partial charge in [-0.1, -0.05) is 37.3 Å². The van der Waals surface area contributed by atoms with E-state index in [-0.39, 0.29) is 5.17 Å². The minimum atomic E-state index is -3.15. The fraction of sp³-hybridized carbons (Fsp3) is 0.500. The third-order valence-electron chi connectivity index (χ3n) is 5.22. The third-order valence-corrected chi connectivity index (χ3v) is 9.51. The fourth-order valence-electron chi connectivity index (χ4n) is 3.54. The second kappa shape index (κ2) is 11.4. The molecule has 4 N–H and O–H groups in total. The lowest BCUT2D eigenvalue weighted by atomic mass is 10.1. The highest BCUT2D eigenvalue weighted by molar-refractivity contribution is 8.48. The number of hydrogen-bond donors (Lipinski definition) is 3. The Bertz CT molecular complexity index is 902. The number of carbonyl (C=O) groups is 2. The van der Waals surface area contributed by atoms with Crippen molar-refractivity contribution in [2.24, 2.45) is 10.7 Å². The van der Waals surface area contributed by atoms with Crippen molar-refractivity contribution in [3.05, 3.63) is 45.8 Å². The first-order valence-corrected chi connectivity index (χ1v) is 13.4. The van der Waals surface area contributed by atoms with Crippen LogP contribution < -0.4 is 5.73 Å². The van der Waals surface area contributed by atoms with Gasteiger partial charge in [0.25, 0.3) is 0 Å². The molecule has 1 fully saturated rings. The van der Waals surface area contributed by atoms with E-state index in [2.05, 4.69) is 28.9 Å². The second-order valence-corrected chi connectivity index (χ2v) is 11.3. The zero-order valence-corrected chi connectivity index (χ0v) is 20.4. The molecule has 0 amide bonds. The van der Waals surface area contributed by atoms with Crippen molar-refractivity contribution in [2.45, 2.75) is 45.3 Å². The van der Waals surface area contributed by atoms with E-state index in [1.807, 2.05) is 18.2 Å². The fourth-order valence-corrected chi connectivity index (χ4v) is 7.49. The van der Waals surface area contributed by atoms with Gasteiger partial charge in [-0.05, 0) is 55.4 Å². The van der Waals surface area contributed by atoms with Crippen molar-refractivity contribution >= 4 is 39.5 Å². The lowest BCUT2D eigenvalue weighted by Crippen LogP contribution is -2.38. The summed E-state index contributed by atoms with van der Waals surface area (Å²) in [5, 5.41) is 19.5. The Morgan fingerprint density at radius 1 is 1.09 bits per heavy atom. The number of rotatable bonds is 10. The van der Waals surface area contributed by atoms with E-state index in [0.717, 1.165) is 38.9 Å². The van der Waals surface area contributed by atoms with E-state index in [1.54, 1.807) is 6.92 Å². The van der Waals surface area contributed by atoms with Crippen LogP contribution in [-0.2, 0) is 24.4 Å². The van der Waals surface area contributed by atoms with Gasteiger partial charge >= 0.3 is 11.9 Å². The smallest absolute Gasteiger partial charge is 0.361 e. The highest BCUT2D eigenvalue weighted by Crippen LogP contribution is 2.66. The van der Waals surface area contributed by atoms with Crippen LogP contribution in [0.3, 0.4) is 0 Å². The van der Waals surface area contributed by atoms with Gasteiger partial charge in [0.05, 0.1) is 5.70 Å². The Labute approximate surface area is 199 Å². The third kappa shape index (κ3) is 5.90. The molecular weight excluding hydrogens is 466 g/mol. The Morgan fingerprint density at radius 2 is 1.73 bits per heavy atom. The van der Waals surface area contributed by atoms with Crippen molar-refractivity contribution in [3.8, 4) is 0 Å². The molecule has 2 aliphatic heterocycles. The van der Waals surface area contributed by atoms with E-state index in [9.17, 15) is 19.8 Å². The topological polar surface area (TPSA) is 135 Å². The largest absolute Gasteiger partial charge is 0.379 e. The summed E-state index contributed by atoms with van der Waals surface area (Å²) < 4.78 is 11.2. The SMILES string of the molecule is CCCN(CCCSC1=C(C)N=C(N)S12OC(=O)C(O)C(O)C(=O)O2)CCc1ccccc1. The van der Waals surface area contributed by atoms with E-state index in [0.29, 0.717) is 15.7 Å². The Hall–Kier alpha value is -2.05. The van der Waals surface area contributed by atoms with E-state index in [4.69, 9.17) is 14.1 Å². The zero-order chi connectivity index (χ0) is 24.0. The van der Waals surface area contributed by atoms with E-state index in [1.165, 1.54) is 17.3 Å². The molecule has 0 saturated carbocycles. The summed E-state index contributed by atoms with van der Waals surface area (Å²) in [6, 6.07) is 10.4. The normalized spacial score (nSPS) is 27.2. The average Bonchev–Trinajstić information content (AvgIpc) is 2.97. The Balaban J connectivity index is 1.60. The molecule has 0 radical (unpaired) electrons. The van der Waals surface area contributed by atoms with Crippen LogP contribution in [0.5, 0.6) is 0 Å². The quantitative estimate of drug-likeness (QED) is 0.415. The number of aliphatic imine (C=N–C) groups is 1. The van der Waals surface area contributed by atoms with Crippen molar-refractivity contribution in [1.82, 2.24) is 4.90 Å². The standard InChI is InChI=1S/C22H31N3O6S2/c1-3-11-25(13-10-16-8-5-4-6-9-16)12-7-14-32-21-15(2)24-22(23)33(21)30-19(28)17(26)18(27)20(29)31-33/h4-6,8-9,17-18,26-27H,3,7,10-14H2,1-2H3,(H2,23,24). The lowest BCUT2D eigenvalue weighted by molar-refractivity contribution is -0.156. The predicted octanol–water partition coefficient (Wildman–Crippen LogP) is 2.04. The van der Waals surface area contributed by atoms with Crippen molar-refractivity contribution in [1.29, 1.82) is 0 Å². The number of hydrogen-bond acceptors (Lipinski definition) is 10. The van der Waals surface area contributed by atoms with Crippen molar-refractivity contribution in [2.75, 3.05) is 25.4 Å². The molecule has 0 bridgehead atoms. The number of aliphatic hydroxyl groups is 2. The number of aliphatic hydroxyl groups excluding tert-OH is 2. The van der Waals surface area contributed by atoms with Crippen LogP contribution in [0.1, 0.15) is 32.3 Å². The van der Waals surface area contributed by atoms with E-state index < -0.39 is 34.7 Å². The summed E-state index contributed by atoms with van der Waals surface area (Å²) in [6.45, 7) is 6.69. The van der Waals surface area contributed by atoms with Gasteiger partial charge in [0.1, 0.15) is 4.24 Å². The molecule has 33 heavy (non-hydrogen) atoms. The van der Waals surface area contributed by atoms with Crippen LogP contribution >= 0.6 is 22.4 Å². The minimum Gasteiger partial charge on any atom is -0.379 e. The summed E-state index contributed by atoms with van der Waals surface area (Å²) >= 11 is 1.37. The van der Waals surface area contributed by atoms with Crippen LogP contribution in [0.2, 0.25) is 0 Å². The van der Waals surface area contributed by atoms with Gasteiger partial charge < -0.3 is 29.2 Å². The Kier molecular flexibility index (Phi) is 8.82. The van der Waals surface area contributed by atoms with Gasteiger partial charge in [0, 0.05) is 12.3 Å². The summed E-state index contributed by atoms with van der Waals surface area (Å²) in [4.78, 5) is 31.0. The molecular formula is C22H31N3O6S2.